The monoisotopic (exact) mass is 429 g/mol. The molecule has 0 bridgehead atoms. The van der Waals surface area contributed by atoms with E-state index in [9.17, 15) is 4.39 Å². The Morgan fingerprint density at radius 1 is 1.17 bits per heavy atom. The molecule has 10 heteroatoms. The molecule has 2 heterocycles. The lowest BCUT2D eigenvalue weighted by Gasteiger charge is -2.10. The van der Waals surface area contributed by atoms with Gasteiger partial charge in [-0.25, -0.2) is 9.97 Å². The number of ether oxygens (including phenoxy) is 2. The van der Waals surface area contributed by atoms with Gasteiger partial charge in [-0.2, -0.15) is 14.5 Å². The van der Waals surface area contributed by atoms with Crippen molar-refractivity contribution in [1.29, 1.82) is 0 Å². The van der Waals surface area contributed by atoms with Gasteiger partial charge in [0.05, 0.1) is 29.7 Å². The first-order valence-corrected chi connectivity index (χ1v) is 9.50. The van der Waals surface area contributed by atoms with Crippen molar-refractivity contribution in [2.75, 3.05) is 12.5 Å². The van der Waals surface area contributed by atoms with Crippen molar-refractivity contribution in [2.45, 2.75) is 0 Å². The van der Waals surface area contributed by atoms with Gasteiger partial charge in [-0.1, -0.05) is 23.5 Å². The highest BCUT2D eigenvalue weighted by Gasteiger charge is 2.13. The van der Waals surface area contributed by atoms with Crippen LogP contribution < -0.4 is 14.9 Å². The van der Waals surface area contributed by atoms with Gasteiger partial charge in [0.25, 0.3) is 5.88 Å². The molecule has 2 aromatic heterocycles. The zero-order chi connectivity index (χ0) is 20.2. The predicted molar refractivity (Wildman–Crippen MR) is 111 cm³/mol. The Bertz CT molecular complexity index is 1170. The molecule has 0 atom stereocenters. The molecule has 0 radical (unpaired) electrons. The molecule has 0 aliphatic heterocycles. The minimum Gasteiger partial charge on any atom is -0.493 e. The summed E-state index contributed by atoms with van der Waals surface area (Å²) in [6, 6.07) is 12.9. The Balaban J connectivity index is 1.54. The van der Waals surface area contributed by atoms with E-state index in [1.165, 1.54) is 18.4 Å². The second-order valence-electron chi connectivity index (χ2n) is 5.66. The van der Waals surface area contributed by atoms with E-state index in [1.54, 1.807) is 24.4 Å². The van der Waals surface area contributed by atoms with Crippen molar-refractivity contribution >= 4 is 44.5 Å². The Labute approximate surface area is 173 Å². The van der Waals surface area contributed by atoms with Gasteiger partial charge in [0.1, 0.15) is 0 Å². The van der Waals surface area contributed by atoms with Crippen molar-refractivity contribution in [1.82, 2.24) is 15.0 Å². The van der Waals surface area contributed by atoms with Crippen LogP contribution in [0.3, 0.4) is 0 Å². The third kappa shape index (κ3) is 4.41. The van der Waals surface area contributed by atoms with Crippen LogP contribution in [0.2, 0.25) is 5.28 Å². The van der Waals surface area contributed by atoms with Gasteiger partial charge in [0.15, 0.2) is 11.5 Å². The third-order valence-corrected chi connectivity index (χ3v) is 4.87. The average Bonchev–Trinajstić information content (AvgIpc) is 3.14. The molecule has 146 valence electrons. The van der Waals surface area contributed by atoms with Gasteiger partial charge in [0.2, 0.25) is 16.2 Å². The lowest BCUT2D eigenvalue weighted by Crippen LogP contribution is -1.98. The minimum atomic E-state index is -0.743. The molecule has 0 aliphatic carbocycles. The second kappa shape index (κ2) is 8.38. The molecular weight excluding hydrogens is 417 g/mol. The fraction of sp³-hybridized carbons (Fsp3) is 0.0526. The van der Waals surface area contributed by atoms with E-state index in [2.05, 4.69) is 25.5 Å². The molecule has 0 amide bonds. The number of benzene rings is 2. The average molecular weight is 430 g/mol. The number of aromatic nitrogens is 3. The highest BCUT2D eigenvalue weighted by atomic mass is 35.5. The van der Waals surface area contributed by atoms with E-state index < -0.39 is 5.82 Å². The van der Waals surface area contributed by atoms with Crippen LogP contribution in [-0.2, 0) is 0 Å². The number of anilines is 1. The van der Waals surface area contributed by atoms with Crippen LogP contribution in [0.15, 0.2) is 53.8 Å². The van der Waals surface area contributed by atoms with Crippen LogP contribution in [0.25, 0.3) is 10.2 Å². The first-order valence-electron chi connectivity index (χ1n) is 8.31. The highest BCUT2D eigenvalue weighted by Crippen LogP contribution is 2.32. The maximum absolute atomic E-state index is 13.9. The number of hydrazone groups is 1. The van der Waals surface area contributed by atoms with E-state index in [1.807, 2.05) is 24.3 Å². The third-order valence-electron chi connectivity index (χ3n) is 3.74. The summed E-state index contributed by atoms with van der Waals surface area (Å²) in [5.74, 6) is -0.390. The van der Waals surface area contributed by atoms with E-state index in [4.69, 9.17) is 21.1 Å². The molecule has 1 N–H and O–H groups in total. The van der Waals surface area contributed by atoms with Crippen molar-refractivity contribution in [3.63, 3.8) is 0 Å². The summed E-state index contributed by atoms with van der Waals surface area (Å²) in [4.78, 5) is 11.7. The van der Waals surface area contributed by atoms with E-state index in [0.29, 0.717) is 16.4 Å². The number of thiazole rings is 1. The predicted octanol–water partition coefficient (Wildman–Crippen LogP) is 5.13. The van der Waals surface area contributed by atoms with Gasteiger partial charge >= 0.3 is 0 Å². The number of methoxy groups -OCH3 is 1. The summed E-state index contributed by atoms with van der Waals surface area (Å²) in [6.07, 6.45) is 2.52. The molecule has 0 fully saturated rings. The molecule has 0 aliphatic rings. The largest absolute Gasteiger partial charge is 0.493 e. The number of fused-ring (bicyclic) bond motifs is 1. The zero-order valence-corrected chi connectivity index (χ0v) is 16.5. The van der Waals surface area contributed by atoms with Crippen LogP contribution >= 0.6 is 22.9 Å². The summed E-state index contributed by atoms with van der Waals surface area (Å²) >= 11 is 7.21. The second-order valence-corrected chi connectivity index (χ2v) is 7.03. The van der Waals surface area contributed by atoms with Crippen molar-refractivity contribution in [3.8, 4) is 17.4 Å². The van der Waals surface area contributed by atoms with E-state index in [0.717, 1.165) is 16.4 Å². The summed E-state index contributed by atoms with van der Waals surface area (Å²) in [6.45, 7) is 0. The standard InChI is InChI=1S/C19H13ClFN5O2S/c1-27-14-7-6-11(8-15(14)28-17-12(21)10-22-18(20)25-17)9-23-26-19-24-13-4-2-3-5-16(13)29-19/h2-10H,1H3,(H,24,26). The first kappa shape index (κ1) is 19.0. The molecule has 7 nitrogen and oxygen atoms in total. The van der Waals surface area contributed by atoms with Crippen LogP contribution in [0.5, 0.6) is 17.4 Å². The molecule has 29 heavy (non-hydrogen) atoms. The maximum Gasteiger partial charge on any atom is 0.260 e. The number of nitrogens with zero attached hydrogens (tertiary/aromatic N) is 4. The van der Waals surface area contributed by atoms with E-state index >= 15 is 0 Å². The quantitative estimate of drug-likeness (QED) is 0.260. The number of hydrogen-bond acceptors (Lipinski definition) is 8. The lowest BCUT2D eigenvalue weighted by molar-refractivity contribution is 0.363. The number of hydrogen-bond donors (Lipinski definition) is 1. The van der Waals surface area contributed by atoms with Crippen LogP contribution in [-0.4, -0.2) is 28.3 Å². The van der Waals surface area contributed by atoms with Gasteiger partial charge < -0.3 is 9.47 Å². The molecular formula is C19H13ClFN5O2S. The fourth-order valence-electron chi connectivity index (χ4n) is 2.44. The summed E-state index contributed by atoms with van der Waals surface area (Å²) < 4.78 is 25.7. The van der Waals surface area contributed by atoms with Crippen molar-refractivity contribution in [3.05, 3.63) is 65.3 Å². The number of para-hydroxylation sites is 1. The van der Waals surface area contributed by atoms with Crippen molar-refractivity contribution < 1.29 is 13.9 Å². The Kier molecular flexibility index (Phi) is 5.50. The summed E-state index contributed by atoms with van der Waals surface area (Å²) in [5.41, 5.74) is 4.50. The van der Waals surface area contributed by atoms with Gasteiger partial charge in [-0.05, 0) is 47.5 Å². The van der Waals surface area contributed by atoms with Crippen molar-refractivity contribution in [2.24, 2.45) is 5.10 Å². The van der Waals surface area contributed by atoms with Crippen LogP contribution in [0, 0.1) is 5.82 Å². The molecule has 4 rings (SSSR count). The zero-order valence-electron chi connectivity index (χ0n) is 15.0. The summed E-state index contributed by atoms with van der Waals surface area (Å²) in [5, 5.41) is 4.74. The molecule has 2 aromatic carbocycles. The highest BCUT2D eigenvalue weighted by molar-refractivity contribution is 7.22. The van der Waals surface area contributed by atoms with Crippen LogP contribution in [0.1, 0.15) is 5.56 Å². The Morgan fingerprint density at radius 3 is 2.86 bits per heavy atom. The fourth-order valence-corrected chi connectivity index (χ4v) is 3.38. The minimum absolute atomic E-state index is 0.127. The SMILES string of the molecule is COc1ccc(C=NNc2nc3ccccc3s2)cc1Oc1nc(Cl)ncc1F. The lowest BCUT2D eigenvalue weighted by atomic mass is 10.2. The molecule has 4 aromatic rings. The molecule has 0 unspecified atom stereocenters. The smallest absolute Gasteiger partial charge is 0.260 e. The first-order chi connectivity index (χ1) is 14.1. The van der Waals surface area contributed by atoms with Gasteiger partial charge in [-0.15, -0.1) is 0 Å². The van der Waals surface area contributed by atoms with Gasteiger partial charge in [-0.3, -0.25) is 5.43 Å². The Hall–Kier alpha value is -3.30. The molecule has 0 saturated heterocycles. The topological polar surface area (TPSA) is 81.5 Å². The summed E-state index contributed by atoms with van der Waals surface area (Å²) in [7, 11) is 1.48. The Morgan fingerprint density at radius 2 is 2.03 bits per heavy atom. The van der Waals surface area contributed by atoms with Gasteiger partial charge in [0, 0.05) is 0 Å². The number of rotatable bonds is 6. The molecule has 0 spiro atoms. The number of halogens is 2. The number of nitrogens with one attached hydrogen (secondary N) is 1. The van der Waals surface area contributed by atoms with Crippen LogP contribution in [0.4, 0.5) is 9.52 Å². The van der Waals surface area contributed by atoms with E-state index in [-0.39, 0.29) is 16.9 Å². The normalized spacial score (nSPS) is 11.1. The maximum atomic E-state index is 13.9. The molecule has 0 saturated carbocycles.